The van der Waals surface area contributed by atoms with Gasteiger partial charge in [-0.1, -0.05) is 54.9 Å². The first-order valence-corrected chi connectivity index (χ1v) is 12.0. The molecule has 1 fully saturated rings. The number of carbonyl (C=O) groups is 1. The number of nitrogens with zero attached hydrogens (tertiary/aromatic N) is 1. The number of hydrogen-bond acceptors (Lipinski definition) is 6. The minimum Gasteiger partial charge on any atom is -0.493 e. The molecule has 3 aromatic rings. The van der Waals surface area contributed by atoms with Gasteiger partial charge in [0, 0.05) is 17.2 Å². The fraction of sp³-hybridized carbons (Fsp3) is 0.360. The first kappa shape index (κ1) is 23.0. The Kier molecular flexibility index (Phi) is 7.44. The third-order valence-corrected chi connectivity index (χ3v) is 6.71. The van der Waals surface area contributed by atoms with Crippen LogP contribution in [0, 0.1) is 0 Å². The fourth-order valence-electron chi connectivity index (χ4n) is 4.09. The van der Waals surface area contributed by atoms with Crippen molar-refractivity contribution in [2.45, 2.75) is 36.8 Å². The van der Waals surface area contributed by atoms with Gasteiger partial charge in [-0.15, -0.1) is 0 Å². The van der Waals surface area contributed by atoms with Crippen LogP contribution >= 0.6 is 11.8 Å². The highest BCUT2D eigenvalue weighted by Crippen LogP contribution is 2.42. The molecule has 2 N–H and O–H groups in total. The Labute approximate surface area is 198 Å². The van der Waals surface area contributed by atoms with E-state index in [1.165, 1.54) is 24.6 Å². The van der Waals surface area contributed by atoms with Crippen molar-refractivity contribution in [2.24, 2.45) is 0 Å². The average Bonchev–Trinajstić information content (AvgIpc) is 3.52. The lowest BCUT2D eigenvalue weighted by atomic mass is 10.1. The van der Waals surface area contributed by atoms with E-state index in [0.29, 0.717) is 34.9 Å². The van der Waals surface area contributed by atoms with Gasteiger partial charge in [-0.2, -0.15) is 0 Å². The highest BCUT2D eigenvalue weighted by Gasteiger charge is 2.21. The van der Waals surface area contributed by atoms with Crippen molar-refractivity contribution in [3.05, 3.63) is 42.5 Å². The van der Waals surface area contributed by atoms with Gasteiger partial charge in [0.1, 0.15) is 10.9 Å². The Morgan fingerprint density at radius 2 is 1.70 bits per heavy atom. The second-order valence-electron chi connectivity index (χ2n) is 7.88. The molecule has 174 valence electrons. The van der Waals surface area contributed by atoms with Crippen molar-refractivity contribution in [2.75, 3.05) is 27.1 Å². The maximum atomic E-state index is 12.5. The first-order valence-electron chi connectivity index (χ1n) is 11.0. The summed E-state index contributed by atoms with van der Waals surface area (Å²) in [5, 5.41) is 3.91. The number of nitrogens with one attached hydrogen (secondary N) is 2. The summed E-state index contributed by atoms with van der Waals surface area (Å²) in [6, 6.07) is 14.0. The van der Waals surface area contributed by atoms with E-state index in [-0.39, 0.29) is 5.91 Å². The maximum Gasteiger partial charge on any atom is 0.230 e. The SMILES string of the molecule is COc1cc(-c2nc(SCC(=O)NC3CCCC3)c(-c3ccccc3)[nH]2)cc(OC)c1OC. The van der Waals surface area contributed by atoms with Crippen molar-refractivity contribution in [1.29, 1.82) is 0 Å². The van der Waals surface area contributed by atoms with Crippen molar-refractivity contribution in [3.63, 3.8) is 0 Å². The molecule has 1 aromatic heterocycles. The summed E-state index contributed by atoms with van der Waals surface area (Å²) in [4.78, 5) is 20.8. The molecule has 2 aromatic carbocycles. The number of amides is 1. The summed E-state index contributed by atoms with van der Waals surface area (Å²) in [5.74, 6) is 2.65. The number of ether oxygens (including phenoxy) is 3. The number of aromatic amines is 1. The quantitative estimate of drug-likeness (QED) is 0.435. The van der Waals surface area contributed by atoms with Gasteiger partial charge in [0.15, 0.2) is 11.5 Å². The van der Waals surface area contributed by atoms with Crippen LogP contribution in [0.1, 0.15) is 25.7 Å². The number of thioether (sulfide) groups is 1. The molecule has 8 heteroatoms. The van der Waals surface area contributed by atoms with E-state index in [0.717, 1.165) is 34.7 Å². The summed E-state index contributed by atoms with van der Waals surface area (Å²) >= 11 is 1.43. The molecule has 4 rings (SSSR count). The van der Waals surface area contributed by atoms with Crippen molar-refractivity contribution < 1.29 is 19.0 Å². The molecular formula is C25H29N3O4S. The molecule has 1 saturated carbocycles. The number of methoxy groups -OCH3 is 3. The van der Waals surface area contributed by atoms with E-state index in [4.69, 9.17) is 19.2 Å². The molecule has 0 saturated heterocycles. The number of rotatable bonds is 9. The van der Waals surface area contributed by atoms with E-state index in [2.05, 4.69) is 10.3 Å². The van der Waals surface area contributed by atoms with Crippen LogP contribution in [0.2, 0.25) is 0 Å². The highest BCUT2D eigenvalue weighted by atomic mass is 32.2. The zero-order valence-electron chi connectivity index (χ0n) is 19.1. The van der Waals surface area contributed by atoms with E-state index >= 15 is 0 Å². The molecular weight excluding hydrogens is 438 g/mol. The Hall–Kier alpha value is -3.13. The summed E-state index contributed by atoms with van der Waals surface area (Å²) in [6.07, 6.45) is 4.51. The number of imidazole rings is 1. The Bertz CT molecular complexity index is 1070. The van der Waals surface area contributed by atoms with E-state index in [1.807, 2.05) is 42.5 Å². The van der Waals surface area contributed by atoms with Gasteiger partial charge >= 0.3 is 0 Å². The summed E-state index contributed by atoms with van der Waals surface area (Å²) in [7, 11) is 4.75. The molecule has 1 aliphatic carbocycles. The van der Waals surface area contributed by atoms with E-state index in [1.54, 1.807) is 21.3 Å². The predicted octanol–water partition coefficient (Wildman–Crippen LogP) is 4.92. The highest BCUT2D eigenvalue weighted by molar-refractivity contribution is 8.00. The van der Waals surface area contributed by atoms with Crippen molar-refractivity contribution in [1.82, 2.24) is 15.3 Å². The van der Waals surface area contributed by atoms with Gasteiger partial charge < -0.3 is 24.5 Å². The Morgan fingerprint density at radius 1 is 1.03 bits per heavy atom. The molecule has 1 amide bonds. The second-order valence-corrected chi connectivity index (χ2v) is 8.85. The number of benzene rings is 2. The topological polar surface area (TPSA) is 85.5 Å². The van der Waals surface area contributed by atoms with Crippen molar-refractivity contribution in [3.8, 4) is 39.9 Å². The van der Waals surface area contributed by atoms with Gasteiger partial charge in [0.05, 0.1) is 32.8 Å². The molecule has 0 spiro atoms. The number of hydrogen-bond donors (Lipinski definition) is 2. The van der Waals surface area contributed by atoms with Crippen LogP contribution in [0.15, 0.2) is 47.5 Å². The summed E-state index contributed by atoms with van der Waals surface area (Å²) in [5.41, 5.74) is 2.67. The lowest BCUT2D eigenvalue weighted by molar-refractivity contribution is -0.119. The van der Waals surface area contributed by atoms with Gasteiger partial charge in [-0.05, 0) is 25.0 Å². The smallest absolute Gasteiger partial charge is 0.230 e. The lowest BCUT2D eigenvalue weighted by Crippen LogP contribution is -2.33. The Balaban J connectivity index is 1.65. The van der Waals surface area contributed by atoms with Crippen LogP contribution < -0.4 is 19.5 Å². The van der Waals surface area contributed by atoms with Crippen LogP contribution in [0.4, 0.5) is 0 Å². The largest absolute Gasteiger partial charge is 0.493 e. The van der Waals surface area contributed by atoms with Crippen LogP contribution in [-0.4, -0.2) is 49.0 Å². The normalized spacial score (nSPS) is 13.7. The third-order valence-electron chi connectivity index (χ3n) is 5.73. The first-order chi connectivity index (χ1) is 16.1. The second kappa shape index (κ2) is 10.7. The molecule has 7 nitrogen and oxygen atoms in total. The minimum atomic E-state index is 0.0447. The monoisotopic (exact) mass is 467 g/mol. The number of carbonyl (C=O) groups excluding carboxylic acids is 1. The van der Waals surface area contributed by atoms with Crippen LogP contribution in [0.3, 0.4) is 0 Å². The van der Waals surface area contributed by atoms with Crippen LogP contribution in [0.25, 0.3) is 22.6 Å². The molecule has 0 unspecified atom stereocenters. The standard InChI is InChI=1S/C25H29N3O4S/c1-30-19-13-17(14-20(31-2)23(19)32-3)24-27-22(16-9-5-4-6-10-16)25(28-24)33-15-21(29)26-18-11-7-8-12-18/h4-6,9-10,13-14,18H,7-8,11-12,15H2,1-3H3,(H,26,29)(H,27,28). The molecule has 0 radical (unpaired) electrons. The minimum absolute atomic E-state index is 0.0447. The van der Waals surface area contributed by atoms with E-state index in [9.17, 15) is 4.79 Å². The Morgan fingerprint density at radius 3 is 2.30 bits per heavy atom. The fourth-order valence-corrected chi connectivity index (χ4v) is 4.91. The zero-order chi connectivity index (χ0) is 23.2. The van der Waals surface area contributed by atoms with Crippen molar-refractivity contribution >= 4 is 17.7 Å². The van der Waals surface area contributed by atoms with E-state index < -0.39 is 0 Å². The lowest BCUT2D eigenvalue weighted by Gasteiger charge is -2.13. The molecule has 1 heterocycles. The van der Waals surface area contributed by atoms with Gasteiger partial charge in [-0.3, -0.25) is 4.79 Å². The number of aromatic nitrogens is 2. The third kappa shape index (κ3) is 5.27. The van der Waals surface area contributed by atoms with Crippen LogP contribution in [-0.2, 0) is 4.79 Å². The molecule has 0 bridgehead atoms. The van der Waals surface area contributed by atoms with Gasteiger partial charge in [-0.25, -0.2) is 4.98 Å². The maximum absolute atomic E-state index is 12.5. The molecule has 1 aliphatic rings. The molecule has 0 aliphatic heterocycles. The summed E-state index contributed by atoms with van der Waals surface area (Å²) < 4.78 is 16.4. The average molecular weight is 468 g/mol. The van der Waals surface area contributed by atoms with Gasteiger partial charge in [0.25, 0.3) is 0 Å². The number of H-pyrrole nitrogens is 1. The van der Waals surface area contributed by atoms with Crippen LogP contribution in [0.5, 0.6) is 17.2 Å². The molecule has 0 atom stereocenters. The zero-order valence-corrected chi connectivity index (χ0v) is 20.0. The summed E-state index contributed by atoms with van der Waals surface area (Å²) in [6.45, 7) is 0. The predicted molar refractivity (Wildman–Crippen MR) is 130 cm³/mol. The molecule has 33 heavy (non-hydrogen) atoms. The van der Waals surface area contributed by atoms with Gasteiger partial charge in [0.2, 0.25) is 11.7 Å².